The number of rotatable bonds is 8. The van der Waals surface area contributed by atoms with Gasteiger partial charge in [-0.1, -0.05) is 65.8 Å². The van der Waals surface area contributed by atoms with Crippen molar-refractivity contribution in [2.45, 2.75) is 18.1 Å². The third-order valence-electron chi connectivity index (χ3n) is 3.91. The SMILES string of the molecule is N#CCCNC(=O)CSc1nnc(-c2ccccc2Cl)n1Cc1ccccc1. The van der Waals surface area contributed by atoms with Gasteiger partial charge in [-0.3, -0.25) is 9.36 Å². The lowest BCUT2D eigenvalue weighted by Crippen LogP contribution is -2.26. The molecule has 1 amide bonds. The van der Waals surface area contributed by atoms with Gasteiger partial charge in [0.1, 0.15) is 0 Å². The molecule has 0 spiro atoms. The standard InChI is InChI=1S/C20H18ClN5OS/c21-17-10-5-4-9-16(17)19-24-25-20(28-14-18(27)23-12-6-11-22)26(19)13-15-7-2-1-3-8-15/h1-5,7-10H,6,12-14H2,(H,23,27). The highest BCUT2D eigenvalue weighted by Crippen LogP contribution is 2.29. The first-order valence-electron chi connectivity index (χ1n) is 8.67. The van der Waals surface area contributed by atoms with Crippen molar-refractivity contribution < 1.29 is 4.79 Å². The van der Waals surface area contributed by atoms with Gasteiger partial charge in [0, 0.05) is 12.1 Å². The molecule has 28 heavy (non-hydrogen) atoms. The Morgan fingerprint density at radius 1 is 1.14 bits per heavy atom. The van der Waals surface area contributed by atoms with Crippen molar-refractivity contribution in [1.82, 2.24) is 20.1 Å². The molecule has 1 N–H and O–H groups in total. The second-order valence-electron chi connectivity index (χ2n) is 5.90. The lowest BCUT2D eigenvalue weighted by atomic mass is 10.2. The Bertz CT molecular complexity index is 984. The van der Waals surface area contributed by atoms with E-state index in [0.29, 0.717) is 29.1 Å². The Morgan fingerprint density at radius 3 is 2.64 bits per heavy atom. The Morgan fingerprint density at radius 2 is 1.89 bits per heavy atom. The number of hydrogen-bond acceptors (Lipinski definition) is 5. The van der Waals surface area contributed by atoms with Crippen LogP contribution in [0.25, 0.3) is 11.4 Å². The number of benzene rings is 2. The smallest absolute Gasteiger partial charge is 0.230 e. The zero-order valence-electron chi connectivity index (χ0n) is 15.0. The maximum atomic E-state index is 12.0. The number of carbonyl (C=O) groups is 1. The van der Waals surface area contributed by atoms with Crippen molar-refractivity contribution in [2.75, 3.05) is 12.3 Å². The van der Waals surface area contributed by atoms with E-state index < -0.39 is 0 Å². The lowest BCUT2D eigenvalue weighted by molar-refractivity contribution is -0.118. The van der Waals surface area contributed by atoms with Gasteiger partial charge in [0.25, 0.3) is 0 Å². The highest BCUT2D eigenvalue weighted by Gasteiger charge is 2.17. The second-order valence-corrected chi connectivity index (χ2v) is 7.25. The summed E-state index contributed by atoms with van der Waals surface area (Å²) in [4.78, 5) is 12.0. The minimum absolute atomic E-state index is 0.145. The maximum absolute atomic E-state index is 12.0. The van der Waals surface area contributed by atoms with Gasteiger partial charge in [-0.25, -0.2) is 0 Å². The number of halogens is 1. The molecule has 0 unspecified atom stereocenters. The highest BCUT2D eigenvalue weighted by atomic mass is 35.5. The van der Waals surface area contributed by atoms with Crippen molar-refractivity contribution >= 4 is 29.3 Å². The number of nitriles is 1. The van der Waals surface area contributed by atoms with Gasteiger partial charge in [0.2, 0.25) is 5.91 Å². The van der Waals surface area contributed by atoms with E-state index in [1.54, 1.807) is 0 Å². The summed E-state index contributed by atoms with van der Waals surface area (Å²) in [6.07, 6.45) is 0.289. The van der Waals surface area contributed by atoms with E-state index >= 15 is 0 Å². The molecule has 6 nitrogen and oxygen atoms in total. The van der Waals surface area contributed by atoms with Crippen LogP contribution in [0.2, 0.25) is 5.02 Å². The number of amides is 1. The van der Waals surface area contributed by atoms with E-state index in [1.807, 2.05) is 65.2 Å². The molecular formula is C20H18ClN5OS. The van der Waals surface area contributed by atoms with Gasteiger partial charge in [-0.15, -0.1) is 10.2 Å². The van der Waals surface area contributed by atoms with Crippen molar-refractivity contribution in [3.63, 3.8) is 0 Å². The summed E-state index contributed by atoms with van der Waals surface area (Å²) in [5, 5.41) is 21.1. The highest BCUT2D eigenvalue weighted by molar-refractivity contribution is 7.99. The third-order valence-corrected chi connectivity index (χ3v) is 5.20. The minimum atomic E-state index is -0.145. The average molecular weight is 412 g/mol. The molecule has 1 heterocycles. The predicted octanol–water partition coefficient (Wildman–Crippen LogP) is 3.77. The number of hydrogen-bond donors (Lipinski definition) is 1. The Labute approximate surface area is 172 Å². The maximum Gasteiger partial charge on any atom is 0.230 e. The first-order valence-corrected chi connectivity index (χ1v) is 10.0. The van der Waals surface area contributed by atoms with Crippen molar-refractivity contribution in [3.8, 4) is 17.5 Å². The monoisotopic (exact) mass is 411 g/mol. The molecule has 0 aliphatic rings. The molecule has 142 valence electrons. The van der Waals surface area contributed by atoms with E-state index in [0.717, 1.165) is 11.1 Å². The molecule has 0 saturated heterocycles. The van der Waals surface area contributed by atoms with E-state index in [4.69, 9.17) is 16.9 Å². The van der Waals surface area contributed by atoms with Crippen molar-refractivity contribution in [3.05, 3.63) is 65.2 Å². The van der Waals surface area contributed by atoms with Gasteiger partial charge >= 0.3 is 0 Å². The molecule has 3 aromatic rings. The summed E-state index contributed by atoms with van der Waals surface area (Å²) in [7, 11) is 0. The fourth-order valence-corrected chi connectivity index (χ4v) is 3.57. The van der Waals surface area contributed by atoms with Crippen LogP contribution in [-0.4, -0.2) is 33.0 Å². The summed E-state index contributed by atoms with van der Waals surface area (Å²) in [5.41, 5.74) is 1.88. The van der Waals surface area contributed by atoms with Crippen LogP contribution in [0, 0.1) is 11.3 Å². The minimum Gasteiger partial charge on any atom is -0.354 e. The number of nitrogens with one attached hydrogen (secondary N) is 1. The van der Waals surface area contributed by atoms with Gasteiger partial charge in [0.15, 0.2) is 11.0 Å². The summed E-state index contributed by atoms with van der Waals surface area (Å²) >= 11 is 7.67. The van der Waals surface area contributed by atoms with Crippen LogP contribution in [0.5, 0.6) is 0 Å². The molecule has 0 aliphatic heterocycles. The molecular weight excluding hydrogens is 394 g/mol. The molecule has 0 saturated carbocycles. The van der Waals surface area contributed by atoms with Crippen molar-refractivity contribution in [1.29, 1.82) is 5.26 Å². The summed E-state index contributed by atoms with van der Waals surface area (Å²) in [5.74, 6) is 0.705. The van der Waals surface area contributed by atoms with Crippen LogP contribution in [0.3, 0.4) is 0 Å². The molecule has 0 fully saturated rings. The van der Waals surface area contributed by atoms with E-state index in [1.165, 1.54) is 11.8 Å². The largest absolute Gasteiger partial charge is 0.354 e. The number of carbonyl (C=O) groups excluding carboxylic acids is 1. The van der Waals surface area contributed by atoms with Crippen LogP contribution in [0.4, 0.5) is 0 Å². The van der Waals surface area contributed by atoms with E-state index in [2.05, 4.69) is 15.5 Å². The van der Waals surface area contributed by atoms with Crippen molar-refractivity contribution in [2.24, 2.45) is 0 Å². The first-order chi connectivity index (χ1) is 13.7. The van der Waals surface area contributed by atoms with Crippen LogP contribution in [-0.2, 0) is 11.3 Å². The molecule has 1 aromatic heterocycles. The lowest BCUT2D eigenvalue weighted by Gasteiger charge is -2.11. The van der Waals surface area contributed by atoms with Gasteiger partial charge in [-0.2, -0.15) is 5.26 Å². The number of aromatic nitrogens is 3. The average Bonchev–Trinajstić information content (AvgIpc) is 3.10. The van der Waals surface area contributed by atoms with Crippen LogP contribution in [0.15, 0.2) is 59.8 Å². The van der Waals surface area contributed by atoms with E-state index in [9.17, 15) is 4.79 Å². The molecule has 0 aliphatic carbocycles. The fraction of sp³-hybridized carbons (Fsp3) is 0.200. The zero-order valence-corrected chi connectivity index (χ0v) is 16.6. The molecule has 2 aromatic carbocycles. The normalized spacial score (nSPS) is 10.4. The Balaban J connectivity index is 1.84. The molecule has 0 bridgehead atoms. The molecule has 0 radical (unpaired) electrons. The van der Waals surface area contributed by atoms with Crippen LogP contribution in [0.1, 0.15) is 12.0 Å². The fourth-order valence-electron chi connectivity index (χ4n) is 2.58. The third kappa shape index (κ3) is 5.12. The summed E-state index contributed by atoms with van der Waals surface area (Å²) < 4.78 is 1.96. The second kappa shape index (κ2) is 9.93. The van der Waals surface area contributed by atoms with Crippen LogP contribution < -0.4 is 5.32 Å². The Hall–Kier alpha value is -2.82. The molecule has 0 atom stereocenters. The molecule has 3 rings (SSSR count). The predicted molar refractivity (Wildman–Crippen MR) is 110 cm³/mol. The number of thioether (sulfide) groups is 1. The number of nitrogens with zero attached hydrogens (tertiary/aromatic N) is 4. The van der Waals surface area contributed by atoms with Crippen LogP contribution >= 0.6 is 23.4 Å². The first kappa shape index (κ1) is 19.9. The topological polar surface area (TPSA) is 83.6 Å². The summed E-state index contributed by atoms with van der Waals surface area (Å²) in [6, 6.07) is 19.5. The summed E-state index contributed by atoms with van der Waals surface area (Å²) in [6.45, 7) is 0.907. The zero-order chi connectivity index (χ0) is 19.8. The van der Waals surface area contributed by atoms with Gasteiger partial charge in [-0.05, 0) is 17.7 Å². The Kier molecular flexibility index (Phi) is 7.06. The quantitative estimate of drug-likeness (QED) is 0.450. The van der Waals surface area contributed by atoms with Gasteiger partial charge in [0.05, 0.1) is 29.8 Å². The van der Waals surface area contributed by atoms with Gasteiger partial charge < -0.3 is 5.32 Å². The molecule has 8 heteroatoms. The van der Waals surface area contributed by atoms with E-state index in [-0.39, 0.29) is 18.1 Å².